The van der Waals surface area contributed by atoms with E-state index in [1.165, 1.54) is 11.9 Å². The van der Waals surface area contributed by atoms with Crippen LogP contribution in [0.2, 0.25) is 0 Å². The van der Waals surface area contributed by atoms with Crippen LogP contribution in [-0.2, 0) is 11.2 Å². The molecule has 2 atom stereocenters. The van der Waals surface area contributed by atoms with Gasteiger partial charge >= 0.3 is 0 Å². The molecule has 2 heterocycles. The van der Waals surface area contributed by atoms with E-state index in [4.69, 9.17) is 5.73 Å². The number of amides is 1. The van der Waals surface area contributed by atoms with E-state index in [9.17, 15) is 4.79 Å². The summed E-state index contributed by atoms with van der Waals surface area (Å²) in [5.74, 6) is 0.197. The third kappa shape index (κ3) is 4.83. The molecule has 5 heteroatoms. The molecule has 2 aromatic carbocycles. The molecule has 0 unspecified atom stereocenters. The number of hydrogen-bond donors (Lipinski definition) is 1. The largest absolute Gasteiger partial charge is 0.369 e. The van der Waals surface area contributed by atoms with Gasteiger partial charge in [-0.1, -0.05) is 61.5 Å². The molecule has 1 amide bonds. The monoisotopic (exact) mass is 414 g/mol. The highest BCUT2D eigenvalue weighted by Crippen LogP contribution is 2.37. The standard InChI is InChI=1S/C26H30N4O/c1-20(21-8-3-2-4-9-21)17-30-13-7-12-26(18-30,25(27)31)14-22-10-5-6-11-24(22)23-15-28-19-29-16-23/h2-6,8-11,15-16,19-20H,7,12-14,17-18H2,1H3,(H2,27,31)/t20-,26-/m1/s1. The summed E-state index contributed by atoms with van der Waals surface area (Å²) >= 11 is 0. The number of carbonyl (C=O) groups is 1. The van der Waals surface area contributed by atoms with Crippen LogP contribution in [0.5, 0.6) is 0 Å². The Kier molecular flexibility index (Phi) is 6.42. The highest BCUT2D eigenvalue weighted by Gasteiger charge is 2.41. The lowest BCUT2D eigenvalue weighted by Crippen LogP contribution is -2.52. The molecular weight excluding hydrogens is 384 g/mol. The van der Waals surface area contributed by atoms with Gasteiger partial charge in [0, 0.05) is 31.0 Å². The Morgan fingerprint density at radius 3 is 2.55 bits per heavy atom. The summed E-state index contributed by atoms with van der Waals surface area (Å²) < 4.78 is 0. The maximum atomic E-state index is 12.8. The summed E-state index contributed by atoms with van der Waals surface area (Å²) in [7, 11) is 0. The number of piperidine rings is 1. The van der Waals surface area contributed by atoms with Crippen LogP contribution in [0.25, 0.3) is 11.1 Å². The van der Waals surface area contributed by atoms with Gasteiger partial charge in [0.05, 0.1) is 5.41 Å². The number of nitrogens with two attached hydrogens (primary N) is 1. The molecule has 31 heavy (non-hydrogen) atoms. The van der Waals surface area contributed by atoms with Crippen LogP contribution in [0.4, 0.5) is 0 Å². The SMILES string of the molecule is C[C@H](CN1CCC[C@](Cc2ccccc2-c2cncnc2)(C(N)=O)C1)c1ccccc1. The van der Waals surface area contributed by atoms with Gasteiger partial charge in [-0.15, -0.1) is 0 Å². The van der Waals surface area contributed by atoms with Crippen molar-refractivity contribution in [3.63, 3.8) is 0 Å². The summed E-state index contributed by atoms with van der Waals surface area (Å²) in [5.41, 5.74) is 9.96. The molecule has 0 saturated carbocycles. The second-order valence-corrected chi connectivity index (χ2v) is 8.76. The average Bonchev–Trinajstić information content (AvgIpc) is 2.81. The van der Waals surface area contributed by atoms with Gasteiger partial charge in [-0.25, -0.2) is 9.97 Å². The van der Waals surface area contributed by atoms with Crippen LogP contribution in [0, 0.1) is 5.41 Å². The summed E-state index contributed by atoms with van der Waals surface area (Å²) in [6.07, 6.45) is 7.59. The molecule has 5 nitrogen and oxygen atoms in total. The molecule has 2 N–H and O–H groups in total. The predicted molar refractivity (Wildman–Crippen MR) is 123 cm³/mol. The molecule has 0 spiro atoms. The van der Waals surface area contributed by atoms with Gasteiger partial charge < -0.3 is 10.6 Å². The summed E-state index contributed by atoms with van der Waals surface area (Å²) in [6, 6.07) is 18.8. The maximum Gasteiger partial charge on any atom is 0.225 e. The van der Waals surface area contributed by atoms with Gasteiger partial charge in [0.2, 0.25) is 5.91 Å². The van der Waals surface area contributed by atoms with Crippen molar-refractivity contribution in [3.05, 3.63) is 84.4 Å². The predicted octanol–water partition coefficient (Wildman–Crippen LogP) is 4.06. The summed E-state index contributed by atoms with van der Waals surface area (Å²) in [4.78, 5) is 23.5. The molecule has 1 aliphatic rings. The van der Waals surface area contributed by atoms with Gasteiger partial charge in [0.1, 0.15) is 6.33 Å². The molecular formula is C26H30N4O. The van der Waals surface area contributed by atoms with Gasteiger partial charge in [-0.2, -0.15) is 0 Å². The number of carbonyl (C=O) groups excluding carboxylic acids is 1. The van der Waals surface area contributed by atoms with Crippen molar-refractivity contribution in [2.45, 2.75) is 32.1 Å². The fraction of sp³-hybridized carbons (Fsp3) is 0.346. The Hall–Kier alpha value is -3.05. The van der Waals surface area contributed by atoms with Crippen molar-refractivity contribution in [3.8, 4) is 11.1 Å². The molecule has 0 aliphatic carbocycles. The summed E-state index contributed by atoms with van der Waals surface area (Å²) in [6.45, 7) is 4.87. The third-order valence-corrected chi connectivity index (χ3v) is 6.50. The number of likely N-dealkylation sites (tertiary alicyclic amines) is 1. The van der Waals surface area contributed by atoms with Crippen molar-refractivity contribution >= 4 is 5.91 Å². The smallest absolute Gasteiger partial charge is 0.225 e. The fourth-order valence-corrected chi connectivity index (χ4v) is 4.85. The quantitative estimate of drug-likeness (QED) is 0.633. The molecule has 1 aliphatic heterocycles. The second-order valence-electron chi connectivity index (χ2n) is 8.76. The topological polar surface area (TPSA) is 72.1 Å². The first kappa shape index (κ1) is 21.2. The second kappa shape index (κ2) is 9.40. The molecule has 160 valence electrons. The number of nitrogens with zero attached hydrogens (tertiary/aromatic N) is 3. The van der Waals surface area contributed by atoms with Crippen LogP contribution in [0.1, 0.15) is 36.8 Å². The normalized spacial score (nSPS) is 20.3. The first-order chi connectivity index (χ1) is 15.1. The number of aromatic nitrogens is 2. The molecule has 4 rings (SSSR count). The lowest BCUT2D eigenvalue weighted by Gasteiger charge is -2.42. The van der Waals surface area contributed by atoms with Crippen molar-refractivity contribution in [1.29, 1.82) is 0 Å². The van der Waals surface area contributed by atoms with Crippen molar-refractivity contribution in [1.82, 2.24) is 14.9 Å². The van der Waals surface area contributed by atoms with Gasteiger partial charge in [0.15, 0.2) is 0 Å². The zero-order valence-corrected chi connectivity index (χ0v) is 18.1. The first-order valence-corrected chi connectivity index (χ1v) is 11.0. The molecule has 3 aromatic rings. The van der Waals surface area contributed by atoms with Crippen LogP contribution in [-0.4, -0.2) is 40.4 Å². The van der Waals surface area contributed by atoms with Crippen LogP contribution < -0.4 is 5.73 Å². The van der Waals surface area contributed by atoms with Gasteiger partial charge in [-0.3, -0.25) is 4.79 Å². The van der Waals surface area contributed by atoms with Gasteiger partial charge in [0.25, 0.3) is 0 Å². The Balaban J connectivity index is 1.57. The van der Waals surface area contributed by atoms with Crippen LogP contribution >= 0.6 is 0 Å². The molecule has 1 saturated heterocycles. The number of rotatable bonds is 7. The van der Waals surface area contributed by atoms with Crippen LogP contribution in [0.15, 0.2) is 73.3 Å². The van der Waals surface area contributed by atoms with Gasteiger partial charge in [-0.05, 0) is 48.4 Å². The zero-order valence-electron chi connectivity index (χ0n) is 18.1. The Morgan fingerprint density at radius 2 is 1.81 bits per heavy atom. The minimum atomic E-state index is -0.569. The van der Waals surface area contributed by atoms with Crippen LogP contribution in [0.3, 0.4) is 0 Å². The highest BCUT2D eigenvalue weighted by molar-refractivity contribution is 5.82. The Morgan fingerprint density at radius 1 is 1.10 bits per heavy atom. The number of primary amides is 1. The van der Waals surface area contributed by atoms with E-state index in [1.54, 1.807) is 0 Å². The zero-order chi connectivity index (χ0) is 21.7. The Bertz CT molecular complexity index is 1010. The van der Waals surface area contributed by atoms with E-state index in [0.717, 1.165) is 42.6 Å². The summed E-state index contributed by atoms with van der Waals surface area (Å²) in [5, 5.41) is 0. The lowest BCUT2D eigenvalue weighted by molar-refractivity contribution is -0.131. The first-order valence-electron chi connectivity index (χ1n) is 11.0. The molecule has 1 fully saturated rings. The van der Waals surface area contributed by atoms with E-state index in [0.29, 0.717) is 18.9 Å². The number of benzene rings is 2. The minimum absolute atomic E-state index is 0.205. The molecule has 1 aromatic heterocycles. The van der Waals surface area contributed by atoms with E-state index >= 15 is 0 Å². The minimum Gasteiger partial charge on any atom is -0.369 e. The van der Waals surface area contributed by atoms with E-state index < -0.39 is 5.41 Å². The van der Waals surface area contributed by atoms with Crippen molar-refractivity contribution in [2.75, 3.05) is 19.6 Å². The maximum absolute atomic E-state index is 12.8. The average molecular weight is 415 g/mol. The molecule has 0 bridgehead atoms. The van der Waals surface area contributed by atoms with Crippen molar-refractivity contribution < 1.29 is 4.79 Å². The van der Waals surface area contributed by atoms with Crippen molar-refractivity contribution in [2.24, 2.45) is 11.1 Å². The molecule has 0 radical (unpaired) electrons. The lowest BCUT2D eigenvalue weighted by atomic mass is 9.73. The van der Waals surface area contributed by atoms with E-state index in [2.05, 4.69) is 58.2 Å². The number of hydrogen-bond acceptors (Lipinski definition) is 4. The fourth-order valence-electron chi connectivity index (χ4n) is 4.85. The Labute approximate surface area is 184 Å². The highest BCUT2D eigenvalue weighted by atomic mass is 16.1. The third-order valence-electron chi connectivity index (χ3n) is 6.50. The van der Waals surface area contributed by atoms with E-state index in [1.807, 2.05) is 30.6 Å². The van der Waals surface area contributed by atoms with E-state index in [-0.39, 0.29) is 5.91 Å².